The van der Waals surface area contributed by atoms with Crippen molar-refractivity contribution in [2.75, 3.05) is 11.1 Å². The zero-order valence-corrected chi connectivity index (χ0v) is 16.0. The number of carbonyl (C=O) groups excluding carboxylic acids is 1. The van der Waals surface area contributed by atoms with Crippen molar-refractivity contribution in [1.82, 2.24) is 15.2 Å². The van der Waals surface area contributed by atoms with E-state index in [1.165, 1.54) is 40.0 Å². The molecule has 0 saturated heterocycles. The molecule has 25 heavy (non-hydrogen) atoms. The van der Waals surface area contributed by atoms with Crippen molar-refractivity contribution in [2.45, 2.75) is 17.7 Å². The predicted molar refractivity (Wildman–Crippen MR) is 106 cm³/mol. The predicted octanol–water partition coefficient (Wildman–Crippen LogP) is 4.75. The number of aryl methyl sites for hydroxylation is 1. The third kappa shape index (κ3) is 4.53. The number of thiazole rings is 1. The van der Waals surface area contributed by atoms with Crippen LogP contribution in [0.25, 0.3) is 10.6 Å². The van der Waals surface area contributed by atoms with Crippen molar-refractivity contribution in [1.29, 1.82) is 0 Å². The van der Waals surface area contributed by atoms with Crippen LogP contribution >= 0.6 is 34.4 Å². The van der Waals surface area contributed by atoms with Gasteiger partial charge in [0.1, 0.15) is 10.7 Å². The third-order valence-corrected chi connectivity index (χ3v) is 6.16. The van der Waals surface area contributed by atoms with Gasteiger partial charge in [-0.25, -0.2) is 4.98 Å². The largest absolute Gasteiger partial charge is 0.295 e. The first-order valence-electron chi connectivity index (χ1n) is 7.63. The Morgan fingerprint density at radius 3 is 2.84 bits per heavy atom. The summed E-state index contributed by atoms with van der Waals surface area (Å²) in [5.74, 6) is 0.485. The number of nitrogens with zero attached hydrogens (tertiary/aromatic N) is 3. The molecule has 0 aliphatic carbocycles. The van der Waals surface area contributed by atoms with E-state index in [1.807, 2.05) is 12.1 Å². The van der Waals surface area contributed by atoms with Gasteiger partial charge < -0.3 is 0 Å². The molecule has 3 rings (SSSR count). The molecule has 5 nitrogen and oxygen atoms in total. The van der Waals surface area contributed by atoms with Gasteiger partial charge in [-0.05, 0) is 12.0 Å². The smallest absolute Gasteiger partial charge is 0.276 e. The van der Waals surface area contributed by atoms with Gasteiger partial charge in [-0.2, -0.15) is 0 Å². The van der Waals surface area contributed by atoms with E-state index in [0.717, 1.165) is 27.1 Å². The number of hydrogen-bond donors (Lipinski definition) is 1. The van der Waals surface area contributed by atoms with E-state index in [1.54, 1.807) is 11.5 Å². The molecule has 0 bridgehead atoms. The van der Waals surface area contributed by atoms with Crippen LogP contribution in [0.4, 0.5) is 5.13 Å². The van der Waals surface area contributed by atoms with Crippen LogP contribution in [0.2, 0.25) is 0 Å². The summed E-state index contributed by atoms with van der Waals surface area (Å²) in [6.07, 6.45) is 2.80. The van der Waals surface area contributed by atoms with Crippen molar-refractivity contribution < 1.29 is 4.79 Å². The van der Waals surface area contributed by atoms with Crippen molar-refractivity contribution >= 4 is 45.5 Å². The highest BCUT2D eigenvalue weighted by Crippen LogP contribution is 2.27. The number of carbonyl (C=O) groups is 1. The van der Waals surface area contributed by atoms with Gasteiger partial charge in [0.25, 0.3) is 5.91 Å². The van der Waals surface area contributed by atoms with E-state index < -0.39 is 0 Å². The van der Waals surface area contributed by atoms with Crippen molar-refractivity contribution in [2.24, 2.45) is 0 Å². The lowest BCUT2D eigenvalue weighted by molar-refractivity contribution is 0.102. The van der Waals surface area contributed by atoms with Crippen molar-refractivity contribution in [3.8, 4) is 10.6 Å². The fraction of sp³-hybridized carbons (Fsp3) is 0.176. The maximum Gasteiger partial charge on any atom is 0.276 e. The Kier molecular flexibility index (Phi) is 5.95. The molecule has 3 aromatic rings. The molecule has 128 valence electrons. The number of anilines is 1. The lowest BCUT2D eigenvalue weighted by Gasteiger charge is -1.99. The van der Waals surface area contributed by atoms with E-state index in [2.05, 4.69) is 46.1 Å². The van der Waals surface area contributed by atoms with Gasteiger partial charge in [0.2, 0.25) is 5.13 Å². The summed E-state index contributed by atoms with van der Waals surface area (Å²) in [6.45, 7) is 5.79. The lowest BCUT2D eigenvalue weighted by Crippen LogP contribution is -2.12. The van der Waals surface area contributed by atoms with Crippen LogP contribution in [0.5, 0.6) is 0 Å². The quantitative estimate of drug-likeness (QED) is 0.359. The van der Waals surface area contributed by atoms with Crippen LogP contribution < -0.4 is 5.32 Å². The summed E-state index contributed by atoms with van der Waals surface area (Å²) in [7, 11) is 0. The van der Waals surface area contributed by atoms with Gasteiger partial charge in [0.05, 0.1) is 0 Å². The molecule has 2 aromatic heterocycles. The van der Waals surface area contributed by atoms with Crippen molar-refractivity contribution in [3.05, 3.63) is 53.6 Å². The SMILES string of the molecule is C=CCSc1nnc(NC(=O)c2csc(-c3ccc(CC)cc3)n2)s1. The van der Waals surface area contributed by atoms with E-state index in [-0.39, 0.29) is 5.91 Å². The monoisotopic (exact) mass is 388 g/mol. The van der Waals surface area contributed by atoms with Gasteiger partial charge in [-0.1, -0.05) is 60.4 Å². The van der Waals surface area contributed by atoms with Crippen LogP contribution in [0.3, 0.4) is 0 Å². The molecule has 1 aromatic carbocycles. The second-order valence-corrected chi connectivity index (χ2v) is 8.12. The molecule has 0 aliphatic heterocycles. The molecule has 2 heterocycles. The highest BCUT2D eigenvalue weighted by molar-refractivity contribution is 8.01. The van der Waals surface area contributed by atoms with Crippen LogP contribution in [-0.2, 0) is 6.42 Å². The molecule has 0 spiro atoms. The zero-order chi connectivity index (χ0) is 17.6. The van der Waals surface area contributed by atoms with Gasteiger partial charge in [-0.15, -0.1) is 28.1 Å². The molecule has 1 N–H and O–H groups in total. The first-order chi connectivity index (χ1) is 12.2. The average molecular weight is 389 g/mol. The molecule has 8 heteroatoms. The number of amides is 1. The summed E-state index contributed by atoms with van der Waals surface area (Å²) in [4.78, 5) is 16.8. The maximum absolute atomic E-state index is 12.3. The van der Waals surface area contributed by atoms with Gasteiger partial charge >= 0.3 is 0 Å². The summed E-state index contributed by atoms with van der Waals surface area (Å²) in [5, 5.41) is 13.8. The van der Waals surface area contributed by atoms with Crippen LogP contribution in [0, 0.1) is 0 Å². The highest BCUT2D eigenvalue weighted by Gasteiger charge is 2.14. The minimum absolute atomic E-state index is 0.274. The van der Waals surface area contributed by atoms with Gasteiger partial charge in [0.15, 0.2) is 4.34 Å². The molecule has 0 fully saturated rings. The Labute approximate surface area is 158 Å². The normalized spacial score (nSPS) is 10.6. The number of rotatable bonds is 7. The number of benzene rings is 1. The fourth-order valence-electron chi connectivity index (χ4n) is 2.00. The van der Waals surface area contributed by atoms with Crippen LogP contribution in [0.1, 0.15) is 23.0 Å². The number of hydrogen-bond acceptors (Lipinski definition) is 7. The Morgan fingerprint density at radius 1 is 1.32 bits per heavy atom. The Balaban J connectivity index is 1.67. The van der Waals surface area contributed by atoms with Crippen molar-refractivity contribution in [3.63, 3.8) is 0 Å². The molecule has 0 unspecified atom stereocenters. The first-order valence-corrected chi connectivity index (χ1v) is 10.3. The van der Waals surface area contributed by atoms with E-state index in [0.29, 0.717) is 10.8 Å². The molecular formula is C17H16N4OS3. The second-order valence-electron chi connectivity index (χ2n) is 5.02. The number of thioether (sulfide) groups is 1. The third-order valence-electron chi connectivity index (χ3n) is 3.30. The summed E-state index contributed by atoms with van der Waals surface area (Å²) in [5.41, 5.74) is 2.68. The summed E-state index contributed by atoms with van der Waals surface area (Å²) >= 11 is 4.32. The topological polar surface area (TPSA) is 67.8 Å². The van der Waals surface area contributed by atoms with Gasteiger partial charge in [-0.3, -0.25) is 10.1 Å². The number of aromatic nitrogens is 3. The Hall–Kier alpha value is -2.03. The number of nitrogens with one attached hydrogen (secondary N) is 1. The standard InChI is InChI=1S/C17H16N4OS3/c1-3-9-23-17-21-20-16(25-17)19-14(22)13-10-24-15(18-13)12-7-5-11(4-2)6-8-12/h3,5-8,10H,1,4,9H2,2H3,(H,19,20,22). The molecule has 1 amide bonds. The van der Waals surface area contributed by atoms with E-state index in [4.69, 9.17) is 0 Å². The lowest BCUT2D eigenvalue weighted by atomic mass is 10.1. The zero-order valence-electron chi connectivity index (χ0n) is 13.6. The van der Waals surface area contributed by atoms with Gasteiger partial charge in [0, 0.05) is 16.7 Å². The van der Waals surface area contributed by atoms with E-state index >= 15 is 0 Å². The molecular weight excluding hydrogens is 372 g/mol. The minimum atomic E-state index is -0.274. The summed E-state index contributed by atoms with van der Waals surface area (Å²) < 4.78 is 0.796. The average Bonchev–Trinajstić information content (AvgIpc) is 3.29. The minimum Gasteiger partial charge on any atom is -0.295 e. The second kappa shape index (κ2) is 8.37. The summed E-state index contributed by atoms with van der Waals surface area (Å²) in [6, 6.07) is 8.24. The Morgan fingerprint density at radius 2 is 2.12 bits per heavy atom. The fourth-order valence-corrected chi connectivity index (χ4v) is 4.32. The molecule has 0 atom stereocenters. The molecule has 0 aliphatic rings. The molecule has 0 radical (unpaired) electrons. The Bertz CT molecular complexity index is 870. The van der Waals surface area contributed by atoms with Crippen LogP contribution in [-0.4, -0.2) is 26.8 Å². The van der Waals surface area contributed by atoms with Crippen LogP contribution in [0.15, 0.2) is 46.6 Å². The van der Waals surface area contributed by atoms with E-state index in [9.17, 15) is 4.79 Å². The highest BCUT2D eigenvalue weighted by atomic mass is 32.2. The molecule has 0 saturated carbocycles. The first kappa shape index (κ1) is 17.8. The maximum atomic E-state index is 12.3.